The molecule has 0 bridgehead atoms. The first-order valence-corrected chi connectivity index (χ1v) is 8.05. The first-order valence-electron chi connectivity index (χ1n) is 6.61. The van der Waals surface area contributed by atoms with E-state index in [0.29, 0.717) is 19.0 Å². The van der Waals surface area contributed by atoms with Crippen LogP contribution in [0.5, 0.6) is 0 Å². The topological polar surface area (TPSA) is 80.1 Å². The van der Waals surface area contributed by atoms with Crippen LogP contribution in [0.3, 0.4) is 0 Å². The van der Waals surface area contributed by atoms with Crippen LogP contribution in [-0.4, -0.2) is 53.9 Å². The fraction of sp³-hybridized carbons (Fsp3) is 0.818. The van der Waals surface area contributed by atoms with E-state index in [0.717, 1.165) is 25.9 Å². The number of hydrogen-bond acceptors (Lipinski definition) is 5. The zero-order valence-corrected chi connectivity index (χ0v) is 12.2. The molecule has 19 heavy (non-hydrogen) atoms. The largest absolute Gasteiger partial charge is 0.317 e. The minimum absolute atomic E-state index is 0.164. The van der Waals surface area contributed by atoms with E-state index in [4.69, 9.17) is 0 Å². The van der Waals surface area contributed by atoms with Gasteiger partial charge in [0.25, 0.3) is 10.0 Å². The van der Waals surface area contributed by atoms with Gasteiger partial charge in [0, 0.05) is 20.1 Å². The molecule has 0 aromatic carbocycles. The maximum atomic E-state index is 12.4. The van der Waals surface area contributed by atoms with Crippen molar-refractivity contribution in [2.24, 2.45) is 13.0 Å². The molecule has 1 saturated heterocycles. The fourth-order valence-corrected chi connectivity index (χ4v) is 3.86. The van der Waals surface area contributed by atoms with Crippen molar-refractivity contribution in [3.05, 3.63) is 6.20 Å². The van der Waals surface area contributed by atoms with E-state index in [-0.39, 0.29) is 5.03 Å². The van der Waals surface area contributed by atoms with Crippen molar-refractivity contribution in [2.75, 3.05) is 26.2 Å². The van der Waals surface area contributed by atoms with Crippen LogP contribution in [0.2, 0.25) is 0 Å². The number of sulfonamides is 1. The zero-order chi connectivity index (χ0) is 13.9. The quantitative estimate of drug-likeness (QED) is 0.813. The van der Waals surface area contributed by atoms with Crippen LogP contribution in [-0.2, 0) is 17.1 Å². The van der Waals surface area contributed by atoms with E-state index in [1.807, 2.05) is 0 Å². The van der Waals surface area contributed by atoms with Gasteiger partial charge in [0.05, 0.1) is 6.20 Å². The van der Waals surface area contributed by atoms with Gasteiger partial charge in [-0.25, -0.2) is 13.1 Å². The Kier molecular flexibility index (Phi) is 4.54. The summed E-state index contributed by atoms with van der Waals surface area (Å²) in [5.74, 6) is 0.566. The van der Waals surface area contributed by atoms with E-state index >= 15 is 0 Å². The summed E-state index contributed by atoms with van der Waals surface area (Å²) in [5, 5.41) is 10.8. The molecule has 1 N–H and O–H groups in total. The molecule has 1 aromatic rings. The second-order valence-corrected chi connectivity index (χ2v) is 6.74. The average Bonchev–Trinajstić information content (AvgIpc) is 2.84. The third-order valence-electron chi connectivity index (χ3n) is 3.53. The molecule has 7 nitrogen and oxygen atoms in total. The van der Waals surface area contributed by atoms with Gasteiger partial charge in [-0.05, 0) is 31.8 Å². The summed E-state index contributed by atoms with van der Waals surface area (Å²) < 4.78 is 27.6. The monoisotopic (exact) mass is 287 g/mol. The lowest BCUT2D eigenvalue weighted by Gasteiger charge is -2.30. The van der Waals surface area contributed by atoms with Gasteiger partial charge in [0.2, 0.25) is 0 Å². The summed E-state index contributed by atoms with van der Waals surface area (Å²) in [6, 6.07) is 0. The van der Waals surface area contributed by atoms with Crippen molar-refractivity contribution in [1.82, 2.24) is 24.6 Å². The number of nitrogens with zero attached hydrogens (tertiary/aromatic N) is 4. The van der Waals surface area contributed by atoms with Crippen LogP contribution in [0.4, 0.5) is 0 Å². The number of nitrogens with one attached hydrogen (secondary N) is 1. The van der Waals surface area contributed by atoms with Gasteiger partial charge < -0.3 is 5.32 Å². The molecule has 2 rings (SSSR count). The highest BCUT2D eigenvalue weighted by atomic mass is 32.2. The minimum atomic E-state index is -3.44. The van der Waals surface area contributed by atoms with Crippen molar-refractivity contribution in [3.8, 4) is 0 Å². The SMILES string of the molecule is CCNCC1CCN(S(=O)(=O)c2cnnn2C)CC1. The van der Waals surface area contributed by atoms with Crippen LogP contribution < -0.4 is 5.32 Å². The van der Waals surface area contributed by atoms with Gasteiger partial charge in [-0.1, -0.05) is 12.1 Å². The van der Waals surface area contributed by atoms with Gasteiger partial charge in [0.15, 0.2) is 5.03 Å². The van der Waals surface area contributed by atoms with Gasteiger partial charge in [0.1, 0.15) is 0 Å². The molecule has 1 fully saturated rings. The standard InChI is InChI=1S/C11H21N5O2S/c1-3-12-8-10-4-6-16(7-5-10)19(17,18)11-9-13-14-15(11)2/h9-10,12H,3-8H2,1-2H3. The Bertz CT molecular complexity index is 505. The Morgan fingerprint density at radius 1 is 1.42 bits per heavy atom. The van der Waals surface area contributed by atoms with E-state index in [1.165, 1.54) is 15.2 Å². The third kappa shape index (κ3) is 3.13. The first-order chi connectivity index (χ1) is 9.05. The second kappa shape index (κ2) is 5.98. The maximum absolute atomic E-state index is 12.4. The van der Waals surface area contributed by atoms with Crippen molar-refractivity contribution in [3.63, 3.8) is 0 Å². The molecule has 1 aliphatic heterocycles. The fourth-order valence-electron chi connectivity index (χ4n) is 2.35. The number of hydrogen-bond donors (Lipinski definition) is 1. The predicted molar refractivity (Wildman–Crippen MR) is 71.0 cm³/mol. The first kappa shape index (κ1) is 14.4. The van der Waals surface area contributed by atoms with Gasteiger partial charge in [-0.3, -0.25) is 0 Å². The van der Waals surface area contributed by atoms with Gasteiger partial charge in [-0.15, -0.1) is 5.10 Å². The molecule has 1 aromatic heterocycles. The Hall–Kier alpha value is -0.990. The lowest BCUT2D eigenvalue weighted by atomic mass is 9.98. The normalized spacial score (nSPS) is 18.8. The van der Waals surface area contributed by atoms with Crippen molar-refractivity contribution in [1.29, 1.82) is 0 Å². The lowest BCUT2D eigenvalue weighted by Crippen LogP contribution is -2.41. The van der Waals surface area contributed by atoms with Crippen molar-refractivity contribution < 1.29 is 8.42 Å². The molecule has 8 heteroatoms. The molecule has 2 heterocycles. The van der Waals surface area contributed by atoms with Crippen LogP contribution >= 0.6 is 0 Å². The number of aryl methyl sites for hydroxylation is 1. The highest BCUT2D eigenvalue weighted by Gasteiger charge is 2.31. The Morgan fingerprint density at radius 2 is 2.11 bits per heavy atom. The van der Waals surface area contributed by atoms with E-state index in [9.17, 15) is 8.42 Å². The summed E-state index contributed by atoms with van der Waals surface area (Å²) in [6.45, 7) is 5.15. The minimum Gasteiger partial charge on any atom is -0.317 e. The zero-order valence-electron chi connectivity index (χ0n) is 11.4. The van der Waals surface area contributed by atoms with Gasteiger partial charge >= 0.3 is 0 Å². The van der Waals surface area contributed by atoms with Crippen LogP contribution in [0, 0.1) is 5.92 Å². The summed E-state index contributed by atoms with van der Waals surface area (Å²) in [4.78, 5) is 0. The molecule has 0 amide bonds. The smallest absolute Gasteiger partial charge is 0.261 e. The molecule has 1 aliphatic rings. The number of piperidine rings is 1. The second-order valence-electron chi connectivity index (χ2n) is 4.85. The van der Waals surface area contributed by atoms with E-state index < -0.39 is 10.0 Å². The maximum Gasteiger partial charge on any atom is 0.261 e. The van der Waals surface area contributed by atoms with Crippen LogP contribution in [0.15, 0.2) is 11.2 Å². The molecule has 0 spiro atoms. The van der Waals surface area contributed by atoms with E-state index in [2.05, 4.69) is 22.6 Å². The molecule has 0 aliphatic carbocycles. The van der Waals surface area contributed by atoms with Crippen molar-refractivity contribution >= 4 is 10.0 Å². The van der Waals surface area contributed by atoms with Crippen molar-refractivity contribution in [2.45, 2.75) is 24.8 Å². The van der Waals surface area contributed by atoms with Crippen LogP contribution in [0.25, 0.3) is 0 Å². The van der Waals surface area contributed by atoms with Crippen LogP contribution in [0.1, 0.15) is 19.8 Å². The lowest BCUT2D eigenvalue weighted by molar-refractivity contribution is 0.267. The Morgan fingerprint density at radius 3 is 2.63 bits per heavy atom. The molecule has 0 unspecified atom stereocenters. The van der Waals surface area contributed by atoms with Gasteiger partial charge in [-0.2, -0.15) is 4.31 Å². The highest BCUT2D eigenvalue weighted by Crippen LogP contribution is 2.22. The summed E-state index contributed by atoms with van der Waals surface area (Å²) >= 11 is 0. The van der Waals surface area contributed by atoms with E-state index in [1.54, 1.807) is 7.05 Å². The predicted octanol–water partition coefficient (Wildman–Crippen LogP) is -0.175. The molecular weight excluding hydrogens is 266 g/mol. The number of aromatic nitrogens is 3. The molecular formula is C11H21N5O2S. The summed E-state index contributed by atoms with van der Waals surface area (Å²) in [7, 11) is -1.85. The summed E-state index contributed by atoms with van der Waals surface area (Å²) in [5.41, 5.74) is 0. The third-order valence-corrected chi connectivity index (χ3v) is 5.48. The molecule has 0 atom stereocenters. The average molecular weight is 287 g/mol. The molecule has 0 radical (unpaired) electrons. The number of rotatable bonds is 5. The highest BCUT2D eigenvalue weighted by molar-refractivity contribution is 7.89. The Labute approximate surface area is 114 Å². The Balaban J connectivity index is 2.00. The summed E-state index contributed by atoms with van der Waals surface area (Å²) in [6.07, 6.45) is 3.11. The molecule has 108 valence electrons. The molecule has 0 saturated carbocycles.